The minimum absolute atomic E-state index is 0.161. The van der Waals surface area contributed by atoms with E-state index in [1.807, 2.05) is 0 Å². The van der Waals surface area contributed by atoms with Gasteiger partial charge < -0.3 is 10.8 Å². The van der Waals surface area contributed by atoms with E-state index in [4.69, 9.17) is 10.8 Å². The number of nitrogens with two attached hydrogens (primary N) is 1. The van der Waals surface area contributed by atoms with Crippen molar-refractivity contribution >= 4 is 0 Å². The molecule has 3 N–H and O–H groups in total. The van der Waals surface area contributed by atoms with Gasteiger partial charge in [-0.2, -0.15) is 8.78 Å². The molecule has 1 aliphatic carbocycles. The van der Waals surface area contributed by atoms with Gasteiger partial charge in [-0.05, 0) is 25.0 Å². The highest BCUT2D eigenvalue weighted by Gasteiger charge is 2.60. The van der Waals surface area contributed by atoms with Crippen molar-refractivity contribution in [1.82, 2.24) is 0 Å². The van der Waals surface area contributed by atoms with Crippen molar-refractivity contribution in [1.29, 1.82) is 0 Å². The molecular weight excluding hydrogens is 188 g/mol. The summed E-state index contributed by atoms with van der Waals surface area (Å²) >= 11 is 0. The Morgan fingerprint density at radius 3 is 2.50 bits per heavy atom. The van der Waals surface area contributed by atoms with Gasteiger partial charge in [0.05, 0.1) is 5.54 Å². The van der Waals surface area contributed by atoms with E-state index in [1.165, 1.54) is 18.2 Å². The second-order valence-electron chi connectivity index (χ2n) is 3.78. The number of phenols is 1. The van der Waals surface area contributed by atoms with Crippen LogP contribution in [0.5, 0.6) is 5.75 Å². The highest BCUT2D eigenvalue weighted by Crippen LogP contribution is 2.51. The van der Waals surface area contributed by atoms with Gasteiger partial charge in [0.15, 0.2) is 0 Å². The fourth-order valence-corrected chi connectivity index (χ4v) is 1.44. The van der Waals surface area contributed by atoms with E-state index in [0.29, 0.717) is 12.8 Å². The molecule has 0 aliphatic heterocycles. The van der Waals surface area contributed by atoms with Gasteiger partial charge in [-0.1, -0.05) is 12.1 Å². The Balaban J connectivity index is 2.38. The summed E-state index contributed by atoms with van der Waals surface area (Å²) < 4.78 is 27.3. The van der Waals surface area contributed by atoms with Gasteiger partial charge in [0.2, 0.25) is 0 Å². The molecular formula is C10H11F2NO. The zero-order valence-electron chi connectivity index (χ0n) is 7.50. The fraction of sp³-hybridized carbons (Fsp3) is 0.400. The molecule has 0 spiro atoms. The first kappa shape index (κ1) is 9.40. The highest BCUT2D eigenvalue weighted by molar-refractivity contribution is 5.34. The molecule has 0 aromatic heterocycles. The molecule has 0 bridgehead atoms. The van der Waals surface area contributed by atoms with Gasteiger partial charge in [-0.15, -0.1) is 0 Å². The average Bonchev–Trinajstić information content (AvgIpc) is 2.85. The first-order valence-electron chi connectivity index (χ1n) is 4.42. The van der Waals surface area contributed by atoms with Crippen LogP contribution in [0.25, 0.3) is 0 Å². The topological polar surface area (TPSA) is 46.2 Å². The van der Waals surface area contributed by atoms with Crippen LogP contribution >= 0.6 is 0 Å². The van der Waals surface area contributed by atoms with E-state index in [1.54, 1.807) is 0 Å². The van der Waals surface area contributed by atoms with Gasteiger partial charge >= 0.3 is 0 Å². The number of hydrogen-bond donors (Lipinski definition) is 2. The molecule has 0 unspecified atom stereocenters. The molecule has 1 aliphatic rings. The third-order valence-corrected chi connectivity index (χ3v) is 2.62. The fourth-order valence-electron chi connectivity index (χ4n) is 1.44. The molecule has 1 saturated carbocycles. The van der Waals surface area contributed by atoms with Crippen molar-refractivity contribution < 1.29 is 13.9 Å². The first-order chi connectivity index (χ1) is 6.46. The molecule has 2 nitrogen and oxygen atoms in total. The number of rotatable bonds is 2. The summed E-state index contributed by atoms with van der Waals surface area (Å²) in [4.78, 5) is 0. The molecule has 4 heteroatoms. The van der Waals surface area contributed by atoms with Crippen molar-refractivity contribution in [2.24, 2.45) is 5.73 Å². The lowest BCUT2D eigenvalue weighted by Gasteiger charge is -2.23. The minimum Gasteiger partial charge on any atom is -0.508 e. The van der Waals surface area contributed by atoms with Crippen molar-refractivity contribution in [3.05, 3.63) is 29.8 Å². The highest BCUT2D eigenvalue weighted by atomic mass is 19.3. The average molecular weight is 199 g/mol. The SMILES string of the molecule is NC1(C(F)(F)c2cccc(O)c2)CC1. The molecule has 1 aromatic rings. The van der Waals surface area contributed by atoms with Crippen LogP contribution in [-0.4, -0.2) is 10.6 Å². The van der Waals surface area contributed by atoms with Gasteiger partial charge in [0.25, 0.3) is 5.92 Å². The van der Waals surface area contributed by atoms with Crippen LogP contribution in [0.2, 0.25) is 0 Å². The molecule has 14 heavy (non-hydrogen) atoms. The zero-order valence-corrected chi connectivity index (χ0v) is 7.50. The lowest BCUT2D eigenvalue weighted by molar-refractivity contribution is -0.0422. The Morgan fingerprint density at radius 2 is 2.00 bits per heavy atom. The zero-order chi connectivity index (χ0) is 10.4. The van der Waals surface area contributed by atoms with Crippen molar-refractivity contribution in [2.75, 3.05) is 0 Å². The molecule has 76 valence electrons. The van der Waals surface area contributed by atoms with Crippen LogP contribution in [0.15, 0.2) is 24.3 Å². The predicted octanol–water partition coefficient (Wildman–Crippen LogP) is 1.98. The van der Waals surface area contributed by atoms with Crippen LogP contribution in [-0.2, 0) is 5.92 Å². The summed E-state index contributed by atoms with van der Waals surface area (Å²) in [5.41, 5.74) is 3.86. The van der Waals surface area contributed by atoms with Crippen molar-refractivity contribution in [2.45, 2.75) is 24.3 Å². The van der Waals surface area contributed by atoms with Gasteiger partial charge in [-0.3, -0.25) is 0 Å². The van der Waals surface area contributed by atoms with E-state index in [2.05, 4.69) is 0 Å². The van der Waals surface area contributed by atoms with E-state index in [-0.39, 0.29) is 11.3 Å². The summed E-state index contributed by atoms with van der Waals surface area (Å²) in [6, 6.07) is 5.10. The van der Waals surface area contributed by atoms with Crippen LogP contribution in [0, 0.1) is 0 Å². The Morgan fingerprint density at radius 1 is 1.36 bits per heavy atom. The maximum atomic E-state index is 13.7. The smallest absolute Gasteiger partial charge is 0.290 e. The molecule has 0 heterocycles. The quantitative estimate of drug-likeness (QED) is 0.765. The number of hydrogen-bond acceptors (Lipinski definition) is 2. The Labute approximate surface area is 80.4 Å². The number of aromatic hydroxyl groups is 1. The van der Waals surface area contributed by atoms with Crippen LogP contribution in [0.4, 0.5) is 8.78 Å². The van der Waals surface area contributed by atoms with E-state index < -0.39 is 11.5 Å². The monoisotopic (exact) mass is 199 g/mol. The second-order valence-corrected chi connectivity index (χ2v) is 3.78. The summed E-state index contributed by atoms with van der Waals surface area (Å²) in [5.74, 6) is -3.21. The summed E-state index contributed by atoms with van der Waals surface area (Å²) in [6.45, 7) is 0. The van der Waals surface area contributed by atoms with Gasteiger partial charge in [0.1, 0.15) is 5.75 Å². The Hall–Kier alpha value is -1.16. The molecule has 2 rings (SSSR count). The third-order valence-electron chi connectivity index (χ3n) is 2.62. The molecule has 1 fully saturated rings. The normalized spacial score (nSPS) is 19.4. The van der Waals surface area contributed by atoms with Crippen LogP contribution in [0.1, 0.15) is 18.4 Å². The lowest BCUT2D eigenvalue weighted by Crippen LogP contribution is -2.41. The third kappa shape index (κ3) is 1.26. The Kier molecular flexibility index (Phi) is 1.79. The van der Waals surface area contributed by atoms with E-state index in [9.17, 15) is 8.78 Å². The van der Waals surface area contributed by atoms with Gasteiger partial charge in [-0.25, -0.2) is 0 Å². The molecule has 1 aromatic carbocycles. The lowest BCUT2D eigenvalue weighted by atomic mass is 10.00. The number of alkyl halides is 2. The van der Waals surface area contributed by atoms with E-state index in [0.717, 1.165) is 6.07 Å². The molecule has 0 radical (unpaired) electrons. The summed E-state index contributed by atoms with van der Waals surface area (Å²) in [6.07, 6.45) is 0.658. The van der Waals surface area contributed by atoms with Gasteiger partial charge in [0, 0.05) is 5.56 Å². The molecule has 0 amide bonds. The Bertz CT molecular complexity index is 361. The predicted molar refractivity (Wildman–Crippen MR) is 48.2 cm³/mol. The first-order valence-corrected chi connectivity index (χ1v) is 4.42. The van der Waals surface area contributed by atoms with Crippen LogP contribution in [0.3, 0.4) is 0 Å². The standard InChI is InChI=1S/C10H11F2NO/c11-10(12,9(13)4-5-9)7-2-1-3-8(14)6-7/h1-3,6,14H,4-5,13H2. The minimum atomic E-state index is -3.05. The second kappa shape index (κ2) is 2.67. The largest absolute Gasteiger partial charge is 0.508 e. The molecule has 0 atom stereocenters. The van der Waals surface area contributed by atoms with Crippen molar-refractivity contribution in [3.8, 4) is 5.75 Å². The summed E-state index contributed by atoms with van der Waals surface area (Å²) in [5, 5.41) is 9.09. The van der Waals surface area contributed by atoms with Crippen LogP contribution < -0.4 is 5.73 Å². The number of halogens is 2. The maximum Gasteiger partial charge on any atom is 0.290 e. The van der Waals surface area contributed by atoms with E-state index >= 15 is 0 Å². The number of phenolic OH excluding ortho intramolecular Hbond substituents is 1. The number of benzene rings is 1. The molecule has 0 saturated heterocycles. The van der Waals surface area contributed by atoms with Crippen molar-refractivity contribution in [3.63, 3.8) is 0 Å². The summed E-state index contributed by atoms with van der Waals surface area (Å²) in [7, 11) is 0. The maximum absolute atomic E-state index is 13.7.